The number of hydrogen-bond donors (Lipinski definition) is 1. The van der Waals surface area contributed by atoms with Crippen LogP contribution < -0.4 is 14.8 Å². The molecule has 0 aliphatic rings. The van der Waals surface area contributed by atoms with Gasteiger partial charge in [0.2, 0.25) is 5.91 Å². The van der Waals surface area contributed by atoms with E-state index in [4.69, 9.17) is 9.47 Å². The summed E-state index contributed by atoms with van der Waals surface area (Å²) >= 11 is 0. The Morgan fingerprint density at radius 2 is 1.52 bits per heavy atom. The van der Waals surface area contributed by atoms with E-state index in [0.717, 1.165) is 0 Å². The summed E-state index contributed by atoms with van der Waals surface area (Å²) in [7, 11) is 0. The van der Waals surface area contributed by atoms with Crippen molar-refractivity contribution >= 4 is 17.4 Å². The molecule has 1 rings (SSSR count). The van der Waals surface area contributed by atoms with Crippen molar-refractivity contribution in [2.75, 3.05) is 5.32 Å². The molecule has 0 aromatic heterocycles. The van der Waals surface area contributed by atoms with E-state index in [9.17, 15) is 9.59 Å². The molecule has 0 heterocycles. The zero-order valence-electron chi connectivity index (χ0n) is 13.2. The maximum atomic E-state index is 11.9. The summed E-state index contributed by atoms with van der Waals surface area (Å²) in [6, 6.07) is 5.32. The number of benzene rings is 1. The molecular formula is C16H23NO4. The summed E-state index contributed by atoms with van der Waals surface area (Å²) in [5.74, 6) is 0.483. The number of ether oxygens (including phenoxy) is 2. The Kier molecular flexibility index (Phi) is 6.21. The summed E-state index contributed by atoms with van der Waals surface area (Å²) in [4.78, 5) is 22.9. The molecule has 0 spiro atoms. The van der Waals surface area contributed by atoms with E-state index in [1.165, 1.54) is 6.92 Å². The molecule has 0 aliphatic carbocycles. The van der Waals surface area contributed by atoms with Gasteiger partial charge < -0.3 is 14.8 Å². The monoisotopic (exact) mass is 293 g/mol. The van der Waals surface area contributed by atoms with E-state index in [1.54, 1.807) is 18.2 Å². The first-order valence-electron chi connectivity index (χ1n) is 7.05. The number of carbonyl (C=O) groups is 2. The lowest BCUT2D eigenvalue weighted by Gasteiger charge is -2.19. The van der Waals surface area contributed by atoms with Crippen LogP contribution in [-0.2, 0) is 9.59 Å². The van der Waals surface area contributed by atoms with Crippen molar-refractivity contribution in [3.05, 3.63) is 18.2 Å². The molecule has 116 valence electrons. The van der Waals surface area contributed by atoms with Gasteiger partial charge in [-0.3, -0.25) is 9.59 Å². The highest BCUT2D eigenvalue weighted by Crippen LogP contribution is 2.36. The molecule has 0 radical (unpaired) electrons. The number of nitrogens with one attached hydrogen (secondary N) is 1. The van der Waals surface area contributed by atoms with Gasteiger partial charge in [-0.05, 0) is 46.8 Å². The molecule has 21 heavy (non-hydrogen) atoms. The lowest BCUT2D eigenvalue weighted by Crippen LogP contribution is -2.18. The number of anilines is 1. The van der Waals surface area contributed by atoms with Crippen molar-refractivity contribution in [1.29, 1.82) is 0 Å². The molecular weight excluding hydrogens is 270 g/mol. The summed E-state index contributed by atoms with van der Waals surface area (Å²) in [6.45, 7) is 8.98. The third-order valence-corrected chi connectivity index (χ3v) is 2.39. The Balaban J connectivity index is 3.08. The van der Waals surface area contributed by atoms with E-state index in [1.807, 2.05) is 27.7 Å². The molecule has 1 aromatic carbocycles. The van der Waals surface area contributed by atoms with Crippen molar-refractivity contribution in [3.8, 4) is 11.5 Å². The Bertz CT molecular complexity index is 481. The summed E-state index contributed by atoms with van der Waals surface area (Å²) in [5, 5.41) is 2.71. The average Bonchev–Trinajstić information content (AvgIpc) is 2.30. The topological polar surface area (TPSA) is 64.6 Å². The number of ketones is 1. The van der Waals surface area contributed by atoms with Gasteiger partial charge in [0.1, 0.15) is 23.0 Å². The lowest BCUT2D eigenvalue weighted by molar-refractivity contribution is -0.124. The SMILES string of the molecule is CC(=O)CC(=O)Nc1c(OC(C)C)cccc1OC(C)C. The van der Waals surface area contributed by atoms with Crippen molar-refractivity contribution in [2.24, 2.45) is 0 Å². The van der Waals surface area contributed by atoms with Gasteiger partial charge in [0.25, 0.3) is 0 Å². The van der Waals surface area contributed by atoms with E-state index in [2.05, 4.69) is 5.32 Å². The van der Waals surface area contributed by atoms with Gasteiger partial charge in [-0.1, -0.05) is 6.07 Å². The van der Waals surface area contributed by atoms with Crippen molar-refractivity contribution in [3.63, 3.8) is 0 Å². The van der Waals surface area contributed by atoms with Crippen molar-refractivity contribution in [1.82, 2.24) is 0 Å². The molecule has 5 heteroatoms. The predicted molar refractivity (Wildman–Crippen MR) is 81.9 cm³/mol. The van der Waals surface area contributed by atoms with Crippen LogP contribution in [0.2, 0.25) is 0 Å². The van der Waals surface area contributed by atoms with Crippen molar-refractivity contribution < 1.29 is 19.1 Å². The fraction of sp³-hybridized carbons (Fsp3) is 0.500. The zero-order chi connectivity index (χ0) is 16.0. The van der Waals surface area contributed by atoms with Gasteiger partial charge in [-0.15, -0.1) is 0 Å². The molecule has 0 unspecified atom stereocenters. The number of amides is 1. The summed E-state index contributed by atoms with van der Waals surface area (Å²) in [5.41, 5.74) is 0.464. The summed E-state index contributed by atoms with van der Waals surface area (Å²) in [6.07, 6.45) is -0.248. The number of Topliss-reactive ketones (excluding diaryl/α,β-unsaturated/α-hetero) is 1. The average molecular weight is 293 g/mol. The second-order valence-electron chi connectivity index (χ2n) is 5.39. The third-order valence-electron chi connectivity index (χ3n) is 2.39. The number of para-hydroxylation sites is 1. The minimum absolute atomic E-state index is 0.0391. The van der Waals surface area contributed by atoms with E-state index >= 15 is 0 Å². The Hall–Kier alpha value is -2.04. The van der Waals surface area contributed by atoms with Crippen LogP contribution in [0.3, 0.4) is 0 Å². The molecule has 5 nitrogen and oxygen atoms in total. The van der Waals surface area contributed by atoms with E-state index in [-0.39, 0.29) is 30.3 Å². The van der Waals surface area contributed by atoms with Crippen LogP contribution in [0.1, 0.15) is 41.0 Å². The Morgan fingerprint density at radius 1 is 1.05 bits per heavy atom. The van der Waals surface area contributed by atoms with Crippen LogP contribution in [0.25, 0.3) is 0 Å². The largest absolute Gasteiger partial charge is 0.489 e. The van der Waals surface area contributed by atoms with Crippen molar-refractivity contribution in [2.45, 2.75) is 53.2 Å². The minimum atomic E-state index is -0.379. The first-order valence-corrected chi connectivity index (χ1v) is 7.05. The van der Waals surface area contributed by atoms with Crippen LogP contribution in [0.5, 0.6) is 11.5 Å². The molecule has 1 aromatic rings. The Morgan fingerprint density at radius 3 is 1.90 bits per heavy atom. The van der Waals surface area contributed by atoms with Gasteiger partial charge in [0.05, 0.1) is 18.6 Å². The molecule has 0 saturated carbocycles. The van der Waals surface area contributed by atoms with Crippen LogP contribution in [0.15, 0.2) is 18.2 Å². The second-order valence-corrected chi connectivity index (χ2v) is 5.39. The normalized spacial score (nSPS) is 10.6. The highest BCUT2D eigenvalue weighted by molar-refractivity contribution is 6.04. The second kappa shape index (κ2) is 7.67. The third kappa shape index (κ3) is 5.85. The maximum Gasteiger partial charge on any atom is 0.232 e. The van der Waals surface area contributed by atoms with Crippen LogP contribution in [0.4, 0.5) is 5.69 Å². The number of carbonyl (C=O) groups excluding carboxylic acids is 2. The molecule has 1 N–H and O–H groups in total. The highest BCUT2D eigenvalue weighted by Gasteiger charge is 2.16. The van der Waals surface area contributed by atoms with Gasteiger partial charge >= 0.3 is 0 Å². The van der Waals surface area contributed by atoms with Crippen LogP contribution in [0, 0.1) is 0 Å². The first kappa shape index (κ1) is 17.0. The van der Waals surface area contributed by atoms with Gasteiger partial charge in [-0.2, -0.15) is 0 Å². The van der Waals surface area contributed by atoms with Crippen LogP contribution in [-0.4, -0.2) is 23.9 Å². The standard InChI is InChI=1S/C16H23NO4/c1-10(2)20-13-7-6-8-14(21-11(3)4)16(13)17-15(19)9-12(5)18/h6-8,10-11H,9H2,1-5H3,(H,17,19). The Labute approximate surface area is 125 Å². The van der Waals surface area contributed by atoms with Crippen LogP contribution >= 0.6 is 0 Å². The molecule has 0 saturated heterocycles. The minimum Gasteiger partial charge on any atom is -0.489 e. The summed E-state index contributed by atoms with van der Waals surface area (Å²) < 4.78 is 11.4. The smallest absolute Gasteiger partial charge is 0.232 e. The zero-order valence-corrected chi connectivity index (χ0v) is 13.2. The molecule has 0 fully saturated rings. The predicted octanol–water partition coefficient (Wildman–Crippen LogP) is 3.18. The fourth-order valence-corrected chi connectivity index (χ4v) is 1.75. The fourth-order valence-electron chi connectivity index (χ4n) is 1.75. The van der Waals surface area contributed by atoms with Gasteiger partial charge in [0, 0.05) is 0 Å². The van der Waals surface area contributed by atoms with E-state index < -0.39 is 0 Å². The number of hydrogen-bond acceptors (Lipinski definition) is 4. The van der Waals surface area contributed by atoms with E-state index in [0.29, 0.717) is 17.2 Å². The molecule has 0 aliphatic heterocycles. The molecule has 0 atom stereocenters. The van der Waals surface area contributed by atoms with Gasteiger partial charge in [-0.25, -0.2) is 0 Å². The maximum absolute atomic E-state index is 11.9. The molecule has 1 amide bonds. The highest BCUT2D eigenvalue weighted by atomic mass is 16.5. The lowest BCUT2D eigenvalue weighted by atomic mass is 10.2. The molecule has 0 bridgehead atoms. The first-order chi connectivity index (χ1) is 9.79. The quantitative estimate of drug-likeness (QED) is 0.784. The van der Waals surface area contributed by atoms with Gasteiger partial charge in [0.15, 0.2) is 0 Å². The number of rotatable bonds is 7.